The second-order valence-electron chi connectivity index (χ2n) is 14.5. The van der Waals surface area contributed by atoms with Gasteiger partial charge < -0.3 is 14.9 Å². The van der Waals surface area contributed by atoms with Crippen LogP contribution in [0.15, 0.2) is 11.6 Å². The predicted octanol–water partition coefficient (Wildman–Crippen LogP) is 5.70. The van der Waals surface area contributed by atoms with Gasteiger partial charge in [0.15, 0.2) is 0 Å². The molecule has 9 atom stereocenters. The molecule has 4 fully saturated rings. The number of aliphatic hydroxyl groups is 2. The summed E-state index contributed by atoms with van der Waals surface area (Å²) in [5, 5.41) is 21.5. The van der Waals surface area contributed by atoms with Crippen molar-refractivity contribution in [2.24, 2.45) is 45.3 Å². The molecule has 5 rings (SSSR count). The van der Waals surface area contributed by atoms with Crippen molar-refractivity contribution in [2.45, 2.75) is 118 Å². The number of carbonyl (C=O) groups excluding carboxylic acids is 1. The summed E-state index contributed by atoms with van der Waals surface area (Å²) in [5.41, 5.74) is 1.28. The molecule has 3 saturated carbocycles. The van der Waals surface area contributed by atoms with Crippen molar-refractivity contribution in [2.75, 3.05) is 6.61 Å². The first-order valence-electron chi connectivity index (χ1n) is 13.9. The maximum atomic E-state index is 12.8. The lowest BCUT2D eigenvalue weighted by Crippen LogP contribution is -2.57. The average molecular weight is 473 g/mol. The number of carbonyl (C=O) groups is 1. The van der Waals surface area contributed by atoms with Gasteiger partial charge in [-0.2, -0.15) is 0 Å². The SMILES string of the molecule is CC1(C)OC[C@H]([C@@H]2CC[C@]3(C)C4=CC[C@H]5C(C)(C)C(=O)CC[C@]5(C)[C@H]4CC[C@@]23C)C[C@@H](O)[C@@H]1O. The number of fused-ring (bicyclic) bond motifs is 5. The molecule has 192 valence electrons. The highest BCUT2D eigenvalue weighted by molar-refractivity contribution is 5.85. The van der Waals surface area contributed by atoms with E-state index in [1.165, 1.54) is 25.7 Å². The quantitative estimate of drug-likeness (QED) is 0.481. The third-order valence-electron chi connectivity index (χ3n) is 12.5. The lowest BCUT2D eigenvalue weighted by atomic mass is 9.41. The summed E-state index contributed by atoms with van der Waals surface area (Å²) in [5.74, 6) is 2.23. The number of ketones is 1. The standard InChI is InChI=1S/C30H48O4/c1-26(2)23-9-8-21-20(28(23,5)13-12-24(26)32)11-15-29(6)19(10-14-30(21,29)7)18-16-22(31)25(33)27(3,4)34-17-18/h8,18-20,22-23,25,31,33H,9-17H2,1-7H3/t18-,19+,20+,22-,23+,25+,28-,29+,30-/m1/s1. The molecule has 1 saturated heterocycles. The van der Waals surface area contributed by atoms with Crippen molar-refractivity contribution in [1.29, 1.82) is 0 Å². The van der Waals surface area contributed by atoms with Crippen LogP contribution in [0, 0.1) is 45.3 Å². The molecule has 1 heterocycles. The lowest BCUT2D eigenvalue weighted by Gasteiger charge is -2.63. The first-order valence-corrected chi connectivity index (χ1v) is 13.9. The monoisotopic (exact) mass is 472 g/mol. The molecule has 4 aliphatic carbocycles. The molecule has 0 aromatic carbocycles. The van der Waals surface area contributed by atoms with Gasteiger partial charge in [-0.1, -0.05) is 46.3 Å². The number of hydrogen-bond acceptors (Lipinski definition) is 4. The minimum absolute atomic E-state index is 0.158. The van der Waals surface area contributed by atoms with Crippen LogP contribution >= 0.6 is 0 Å². The van der Waals surface area contributed by atoms with Crippen molar-refractivity contribution >= 4 is 5.78 Å². The van der Waals surface area contributed by atoms with Gasteiger partial charge in [-0.15, -0.1) is 0 Å². The molecule has 0 radical (unpaired) electrons. The molecule has 4 nitrogen and oxygen atoms in total. The largest absolute Gasteiger partial charge is 0.390 e. The topological polar surface area (TPSA) is 66.8 Å². The second-order valence-corrected chi connectivity index (χ2v) is 14.5. The molecule has 0 aromatic rings. The molecule has 5 aliphatic rings. The lowest BCUT2D eigenvalue weighted by molar-refractivity contribution is -0.146. The van der Waals surface area contributed by atoms with Crippen molar-refractivity contribution in [3.8, 4) is 0 Å². The number of hydrogen-bond donors (Lipinski definition) is 2. The van der Waals surface area contributed by atoms with E-state index in [2.05, 4.69) is 40.7 Å². The summed E-state index contributed by atoms with van der Waals surface area (Å²) < 4.78 is 6.23. The van der Waals surface area contributed by atoms with Gasteiger partial charge in [-0.05, 0) is 98.7 Å². The van der Waals surface area contributed by atoms with Crippen LogP contribution in [0.1, 0.15) is 99.8 Å². The Morgan fingerprint density at radius 2 is 1.68 bits per heavy atom. The van der Waals surface area contributed by atoms with E-state index in [1.807, 2.05) is 13.8 Å². The van der Waals surface area contributed by atoms with Crippen LogP contribution in [0.3, 0.4) is 0 Å². The third-order valence-corrected chi connectivity index (χ3v) is 12.5. The maximum absolute atomic E-state index is 12.8. The molecule has 0 aromatic heterocycles. The Morgan fingerprint density at radius 1 is 0.971 bits per heavy atom. The molecule has 0 bridgehead atoms. The smallest absolute Gasteiger partial charge is 0.138 e. The van der Waals surface area contributed by atoms with E-state index in [-0.39, 0.29) is 27.6 Å². The van der Waals surface area contributed by atoms with Gasteiger partial charge in [-0.25, -0.2) is 0 Å². The van der Waals surface area contributed by atoms with Crippen molar-refractivity contribution in [3.05, 3.63) is 11.6 Å². The summed E-state index contributed by atoms with van der Waals surface area (Å²) in [6.45, 7) is 16.4. The zero-order valence-electron chi connectivity index (χ0n) is 22.6. The van der Waals surface area contributed by atoms with E-state index < -0.39 is 17.8 Å². The number of rotatable bonds is 1. The Kier molecular flexibility index (Phi) is 5.62. The highest BCUT2D eigenvalue weighted by Crippen LogP contribution is 2.73. The zero-order valence-corrected chi connectivity index (χ0v) is 22.6. The fraction of sp³-hybridized carbons (Fsp3) is 0.900. The zero-order chi connectivity index (χ0) is 24.9. The third kappa shape index (κ3) is 3.16. The number of aliphatic hydroxyl groups excluding tert-OH is 2. The first kappa shape index (κ1) is 25.0. The van der Waals surface area contributed by atoms with Gasteiger partial charge in [0.2, 0.25) is 0 Å². The fourth-order valence-electron chi connectivity index (χ4n) is 9.97. The molecular formula is C30H48O4. The summed E-state index contributed by atoms with van der Waals surface area (Å²) in [6.07, 6.45) is 9.18. The van der Waals surface area contributed by atoms with Gasteiger partial charge in [0.25, 0.3) is 0 Å². The second kappa shape index (κ2) is 7.65. The summed E-state index contributed by atoms with van der Waals surface area (Å²) in [7, 11) is 0. The van der Waals surface area contributed by atoms with Crippen LogP contribution in [-0.4, -0.2) is 40.4 Å². The molecule has 1 aliphatic heterocycles. The van der Waals surface area contributed by atoms with E-state index in [0.29, 0.717) is 36.6 Å². The Hall–Kier alpha value is -0.710. The first-order chi connectivity index (χ1) is 15.7. The van der Waals surface area contributed by atoms with Crippen LogP contribution in [-0.2, 0) is 9.53 Å². The predicted molar refractivity (Wildman–Crippen MR) is 134 cm³/mol. The highest BCUT2D eigenvalue weighted by atomic mass is 16.5. The van der Waals surface area contributed by atoms with Crippen LogP contribution in [0.2, 0.25) is 0 Å². The van der Waals surface area contributed by atoms with Crippen LogP contribution in [0.4, 0.5) is 0 Å². The Bertz CT molecular complexity index is 888. The Morgan fingerprint density at radius 3 is 2.38 bits per heavy atom. The Balaban J connectivity index is 1.47. The van der Waals surface area contributed by atoms with E-state index >= 15 is 0 Å². The number of ether oxygens (including phenoxy) is 1. The molecule has 0 amide bonds. The summed E-state index contributed by atoms with van der Waals surface area (Å²) >= 11 is 0. The molecular weight excluding hydrogens is 424 g/mol. The van der Waals surface area contributed by atoms with Crippen molar-refractivity contribution < 1.29 is 19.7 Å². The van der Waals surface area contributed by atoms with Gasteiger partial charge in [-0.3, -0.25) is 4.79 Å². The van der Waals surface area contributed by atoms with Gasteiger partial charge in [0.1, 0.15) is 11.9 Å². The van der Waals surface area contributed by atoms with Crippen LogP contribution in [0.5, 0.6) is 0 Å². The average Bonchev–Trinajstić information content (AvgIpc) is 2.99. The van der Waals surface area contributed by atoms with Crippen LogP contribution < -0.4 is 0 Å². The van der Waals surface area contributed by atoms with E-state index in [4.69, 9.17) is 4.74 Å². The fourth-order valence-corrected chi connectivity index (χ4v) is 9.97. The normalized spacial score (nSPS) is 52.1. The van der Waals surface area contributed by atoms with Crippen molar-refractivity contribution in [1.82, 2.24) is 0 Å². The molecule has 0 spiro atoms. The van der Waals surface area contributed by atoms with Gasteiger partial charge in [0, 0.05) is 11.8 Å². The van der Waals surface area contributed by atoms with Crippen molar-refractivity contribution in [3.63, 3.8) is 0 Å². The number of allylic oxidation sites excluding steroid dienone is 2. The minimum atomic E-state index is -0.843. The number of Topliss-reactive ketones (excluding diaryl/α,β-unsaturated/α-hetero) is 1. The van der Waals surface area contributed by atoms with Gasteiger partial charge in [0.05, 0.1) is 18.3 Å². The molecule has 0 unspecified atom stereocenters. The van der Waals surface area contributed by atoms with Crippen LogP contribution in [0.25, 0.3) is 0 Å². The van der Waals surface area contributed by atoms with Gasteiger partial charge >= 0.3 is 0 Å². The van der Waals surface area contributed by atoms with E-state index in [1.54, 1.807) is 5.57 Å². The summed E-state index contributed by atoms with van der Waals surface area (Å²) in [4.78, 5) is 12.8. The Labute approximate surface area is 206 Å². The van der Waals surface area contributed by atoms with E-state index in [9.17, 15) is 15.0 Å². The highest BCUT2D eigenvalue weighted by Gasteiger charge is 2.65. The maximum Gasteiger partial charge on any atom is 0.138 e. The molecule has 34 heavy (non-hydrogen) atoms. The van der Waals surface area contributed by atoms with E-state index in [0.717, 1.165) is 19.3 Å². The minimum Gasteiger partial charge on any atom is -0.390 e. The molecule has 4 heteroatoms. The molecule has 2 N–H and O–H groups in total. The summed E-state index contributed by atoms with van der Waals surface area (Å²) in [6, 6.07) is 0.